The molecule has 0 N–H and O–H groups in total. The summed E-state index contributed by atoms with van der Waals surface area (Å²) in [5.74, 6) is 0. The lowest BCUT2D eigenvalue weighted by atomic mass is 9.99. The van der Waals surface area contributed by atoms with Crippen molar-refractivity contribution in [2.45, 2.75) is 51.2 Å². The van der Waals surface area contributed by atoms with Crippen molar-refractivity contribution in [3.8, 4) is 0 Å². The predicted molar refractivity (Wildman–Crippen MR) is 67.1 cm³/mol. The lowest BCUT2D eigenvalue weighted by Gasteiger charge is -1.91. The minimum atomic E-state index is 0.808. The van der Waals surface area contributed by atoms with Crippen LogP contribution in [0.1, 0.15) is 38.5 Å². The van der Waals surface area contributed by atoms with Crippen LogP contribution in [0.25, 0.3) is 0 Å². The van der Waals surface area contributed by atoms with E-state index < -0.39 is 0 Å². The van der Waals surface area contributed by atoms with E-state index >= 15 is 0 Å². The van der Waals surface area contributed by atoms with Crippen molar-refractivity contribution < 1.29 is 0 Å². The smallest absolute Gasteiger partial charge is 0.0653 e. The molecule has 0 aliphatic carbocycles. The number of allylic oxidation sites excluding steroid dienone is 4. The fourth-order valence-corrected chi connectivity index (χ4v) is 1.16. The van der Waals surface area contributed by atoms with E-state index in [1.807, 2.05) is 0 Å². The van der Waals surface area contributed by atoms with E-state index in [4.69, 9.17) is 15.7 Å². The molecule has 0 saturated carbocycles. The third-order valence-corrected chi connectivity index (χ3v) is 2.03. The van der Waals surface area contributed by atoms with Crippen LogP contribution in [0.2, 0.25) is 12.6 Å². The van der Waals surface area contributed by atoms with Crippen molar-refractivity contribution in [1.29, 1.82) is 0 Å². The van der Waals surface area contributed by atoms with Crippen LogP contribution in [0.4, 0.5) is 0 Å². The molecule has 0 nitrogen and oxygen atoms in total. The minimum absolute atomic E-state index is 0.808. The highest BCUT2D eigenvalue weighted by molar-refractivity contribution is 6.08. The number of unbranched alkanes of at least 4 members (excludes halogenated alkanes) is 4. The topological polar surface area (TPSA) is 0 Å². The Morgan fingerprint density at radius 1 is 0.643 bits per heavy atom. The van der Waals surface area contributed by atoms with Crippen LogP contribution in [0.3, 0.4) is 0 Å². The second-order valence-corrected chi connectivity index (χ2v) is 3.43. The third-order valence-electron chi connectivity index (χ3n) is 2.03. The highest BCUT2D eigenvalue weighted by atomic mass is 13.9. The maximum absolute atomic E-state index is 5.39. The van der Waals surface area contributed by atoms with Crippen LogP contribution in [-0.2, 0) is 0 Å². The van der Waals surface area contributed by atoms with Gasteiger partial charge in [-0.05, 0) is 12.8 Å². The summed E-state index contributed by atoms with van der Waals surface area (Å²) in [5, 5.41) is 0. The van der Waals surface area contributed by atoms with Gasteiger partial charge in [-0.3, -0.25) is 0 Å². The van der Waals surface area contributed by atoms with E-state index in [2.05, 4.69) is 24.3 Å². The summed E-state index contributed by atoms with van der Waals surface area (Å²) in [6.07, 6.45) is 17.2. The van der Waals surface area contributed by atoms with Gasteiger partial charge in [0.2, 0.25) is 0 Å². The Labute approximate surface area is 91.7 Å². The molecule has 0 unspecified atom stereocenters. The summed E-state index contributed by atoms with van der Waals surface area (Å²) < 4.78 is 0. The summed E-state index contributed by atoms with van der Waals surface area (Å²) in [6.45, 7) is 0. The van der Waals surface area contributed by atoms with Gasteiger partial charge in [0.1, 0.15) is 0 Å². The summed E-state index contributed by atoms with van der Waals surface area (Å²) in [4.78, 5) is 0. The first-order valence-electron chi connectivity index (χ1n) is 5.63. The van der Waals surface area contributed by atoms with Crippen LogP contribution in [0, 0.1) is 0 Å². The Bertz CT molecular complexity index is 132. The Kier molecular flexibility index (Phi) is 12.3. The van der Waals surface area contributed by atoms with Crippen molar-refractivity contribution in [2.75, 3.05) is 0 Å². The molecule has 0 heterocycles. The maximum Gasteiger partial charge on any atom is 0.0653 e. The molecule has 0 saturated heterocycles. The normalized spacial score (nSPS) is 11.7. The van der Waals surface area contributed by atoms with E-state index in [1.54, 1.807) is 0 Å². The average molecular weight is 186 g/mol. The number of rotatable bonds is 9. The monoisotopic (exact) mass is 186 g/mol. The molecular formula is C12H20B2. The Morgan fingerprint density at radius 2 is 1.07 bits per heavy atom. The summed E-state index contributed by atoms with van der Waals surface area (Å²) in [6, 6.07) is 0. The Morgan fingerprint density at radius 3 is 1.43 bits per heavy atom. The van der Waals surface area contributed by atoms with Gasteiger partial charge < -0.3 is 0 Å². The van der Waals surface area contributed by atoms with Crippen molar-refractivity contribution in [2.24, 2.45) is 0 Å². The van der Waals surface area contributed by atoms with Gasteiger partial charge in [-0.15, -0.1) is 0 Å². The van der Waals surface area contributed by atoms with Crippen LogP contribution >= 0.6 is 0 Å². The van der Waals surface area contributed by atoms with Gasteiger partial charge >= 0.3 is 0 Å². The zero-order valence-electron chi connectivity index (χ0n) is 9.12. The van der Waals surface area contributed by atoms with E-state index in [1.165, 1.54) is 12.8 Å². The van der Waals surface area contributed by atoms with Gasteiger partial charge in [0.05, 0.1) is 15.7 Å². The largest absolute Gasteiger partial charge is 0.0887 e. The van der Waals surface area contributed by atoms with Gasteiger partial charge in [-0.25, -0.2) is 0 Å². The molecule has 14 heavy (non-hydrogen) atoms. The molecule has 0 fully saturated rings. The first kappa shape index (κ1) is 13.6. The minimum Gasteiger partial charge on any atom is -0.0887 e. The molecule has 2 heteroatoms. The quantitative estimate of drug-likeness (QED) is 0.293. The van der Waals surface area contributed by atoms with Gasteiger partial charge in [-0.2, -0.15) is 0 Å². The highest BCUT2D eigenvalue weighted by Crippen LogP contribution is 2.00. The van der Waals surface area contributed by atoms with Gasteiger partial charge in [0, 0.05) is 0 Å². The van der Waals surface area contributed by atoms with Crippen LogP contribution in [0.5, 0.6) is 0 Å². The van der Waals surface area contributed by atoms with Gasteiger partial charge in [-0.1, -0.05) is 62.6 Å². The molecule has 0 atom stereocenters. The second kappa shape index (κ2) is 12.6. The lowest BCUT2D eigenvalue weighted by Crippen LogP contribution is -1.72. The molecule has 0 bridgehead atoms. The van der Waals surface area contributed by atoms with Crippen molar-refractivity contribution in [3.63, 3.8) is 0 Å². The van der Waals surface area contributed by atoms with E-state index in [9.17, 15) is 0 Å². The van der Waals surface area contributed by atoms with Crippen LogP contribution < -0.4 is 0 Å². The summed E-state index contributed by atoms with van der Waals surface area (Å²) in [5.41, 5.74) is 0. The van der Waals surface area contributed by atoms with E-state index in [0.29, 0.717) is 0 Å². The zero-order valence-corrected chi connectivity index (χ0v) is 9.12. The van der Waals surface area contributed by atoms with Crippen LogP contribution in [-0.4, -0.2) is 15.7 Å². The van der Waals surface area contributed by atoms with Crippen LogP contribution in [0.15, 0.2) is 24.3 Å². The SMILES string of the molecule is [B]CCCC/C=C\C=C/CCCC[B]. The first-order valence-corrected chi connectivity index (χ1v) is 5.63. The van der Waals surface area contributed by atoms with Crippen molar-refractivity contribution in [3.05, 3.63) is 24.3 Å². The fourth-order valence-electron chi connectivity index (χ4n) is 1.16. The van der Waals surface area contributed by atoms with Crippen molar-refractivity contribution >= 4 is 15.7 Å². The molecule has 0 aromatic heterocycles. The molecule has 0 aromatic carbocycles. The van der Waals surface area contributed by atoms with E-state index in [-0.39, 0.29) is 0 Å². The molecule has 74 valence electrons. The predicted octanol–water partition coefficient (Wildman–Crippen LogP) is 3.61. The first-order chi connectivity index (χ1) is 6.91. The van der Waals surface area contributed by atoms with Crippen molar-refractivity contribution in [1.82, 2.24) is 0 Å². The average Bonchev–Trinajstić information content (AvgIpc) is 2.21. The van der Waals surface area contributed by atoms with E-state index in [0.717, 1.165) is 38.3 Å². The maximum atomic E-state index is 5.39. The molecule has 0 aliphatic heterocycles. The standard InChI is InChI=1S/C12H20B2/c13-11-9-7-5-3-1-2-4-6-8-10-12-14/h1-4H,5-12H2/b3-1-,4-2-. The number of hydrogen-bond acceptors (Lipinski definition) is 0. The highest BCUT2D eigenvalue weighted by Gasteiger charge is 1.81. The number of hydrogen-bond donors (Lipinski definition) is 0. The molecule has 0 amide bonds. The zero-order chi connectivity index (χ0) is 10.5. The summed E-state index contributed by atoms with van der Waals surface area (Å²) in [7, 11) is 10.8. The molecule has 0 spiro atoms. The third kappa shape index (κ3) is 11.6. The molecular weight excluding hydrogens is 166 g/mol. The molecule has 0 aliphatic rings. The summed E-state index contributed by atoms with van der Waals surface area (Å²) >= 11 is 0. The Hall–Kier alpha value is -0.390. The van der Waals surface area contributed by atoms with Gasteiger partial charge in [0.15, 0.2) is 0 Å². The molecule has 0 rings (SSSR count). The second-order valence-electron chi connectivity index (χ2n) is 3.43. The fraction of sp³-hybridized carbons (Fsp3) is 0.667. The molecule has 4 radical (unpaired) electrons. The van der Waals surface area contributed by atoms with Gasteiger partial charge in [0.25, 0.3) is 0 Å². The Balaban J connectivity index is 3.15. The molecule has 0 aromatic rings. The lowest BCUT2D eigenvalue weighted by molar-refractivity contribution is 0.811.